The molecule has 7 heteroatoms. The van der Waals surface area contributed by atoms with E-state index in [0.29, 0.717) is 25.0 Å². The molecule has 3 N–H and O–H groups in total. The molecule has 1 aliphatic carbocycles. The van der Waals surface area contributed by atoms with Crippen molar-refractivity contribution in [2.24, 2.45) is 11.8 Å². The van der Waals surface area contributed by atoms with Crippen LogP contribution in [-0.4, -0.2) is 55.7 Å². The van der Waals surface area contributed by atoms with Crippen molar-refractivity contribution in [2.45, 2.75) is 45.7 Å². The van der Waals surface area contributed by atoms with Gasteiger partial charge in [0.1, 0.15) is 0 Å². The van der Waals surface area contributed by atoms with Gasteiger partial charge in [0.15, 0.2) is 0 Å². The van der Waals surface area contributed by atoms with Crippen LogP contribution in [-0.2, 0) is 16.1 Å². The Kier molecular flexibility index (Phi) is 7.89. The number of rotatable bonds is 9. The Bertz CT molecular complexity index is 684. The normalized spacial score (nSPS) is 18.3. The van der Waals surface area contributed by atoms with Crippen molar-refractivity contribution in [3.05, 3.63) is 29.8 Å². The quantitative estimate of drug-likeness (QED) is 0.593. The second-order valence-corrected chi connectivity index (χ2v) is 8.46. The molecule has 3 rings (SSSR count). The zero-order valence-electron chi connectivity index (χ0n) is 17.6. The summed E-state index contributed by atoms with van der Waals surface area (Å²) in [4.78, 5) is 26.6. The van der Waals surface area contributed by atoms with Crippen LogP contribution < -0.4 is 16.0 Å². The summed E-state index contributed by atoms with van der Waals surface area (Å²) < 4.78 is 5.45. The summed E-state index contributed by atoms with van der Waals surface area (Å²) in [6, 6.07) is 7.79. The van der Waals surface area contributed by atoms with Gasteiger partial charge in [0.05, 0.1) is 13.2 Å². The van der Waals surface area contributed by atoms with Crippen LogP contribution in [0.1, 0.15) is 38.7 Å². The highest BCUT2D eigenvalue weighted by molar-refractivity contribution is 5.94. The molecule has 1 aliphatic heterocycles. The van der Waals surface area contributed by atoms with Crippen molar-refractivity contribution < 1.29 is 14.3 Å². The molecule has 1 saturated carbocycles. The topological polar surface area (TPSA) is 82.7 Å². The number of hydrogen-bond acceptors (Lipinski definition) is 4. The van der Waals surface area contributed by atoms with E-state index in [-0.39, 0.29) is 17.9 Å². The maximum Gasteiger partial charge on any atom is 0.315 e. The summed E-state index contributed by atoms with van der Waals surface area (Å²) in [6.45, 7) is 8.82. The van der Waals surface area contributed by atoms with Gasteiger partial charge in [0.25, 0.3) is 0 Å². The number of carbonyl (C=O) groups is 2. The van der Waals surface area contributed by atoms with Gasteiger partial charge in [0, 0.05) is 43.8 Å². The molecule has 1 saturated heterocycles. The molecule has 2 aliphatic rings. The molecule has 0 bridgehead atoms. The summed E-state index contributed by atoms with van der Waals surface area (Å²) >= 11 is 0. The molecule has 0 unspecified atom stereocenters. The van der Waals surface area contributed by atoms with Gasteiger partial charge in [-0.1, -0.05) is 26.0 Å². The number of amides is 3. The molecule has 1 atom stereocenters. The number of morpholine rings is 1. The van der Waals surface area contributed by atoms with Gasteiger partial charge in [-0.05, 0) is 42.9 Å². The molecule has 1 aromatic rings. The van der Waals surface area contributed by atoms with Crippen molar-refractivity contribution in [3.8, 4) is 0 Å². The van der Waals surface area contributed by atoms with Gasteiger partial charge in [-0.3, -0.25) is 9.69 Å². The monoisotopic (exact) mass is 402 g/mol. The van der Waals surface area contributed by atoms with Gasteiger partial charge in [0.2, 0.25) is 5.91 Å². The number of urea groups is 1. The second kappa shape index (κ2) is 10.6. The van der Waals surface area contributed by atoms with E-state index >= 15 is 0 Å². The van der Waals surface area contributed by atoms with Crippen LogP contribution in [0, 0.1) is 11.8 Å². The van der Waals surface area contributed by atoms with E-state index in [4.69, 9.17) is 4.74 Å². The lowest BCUT2D eigenvalue weighted by molar-refractivity contribution is -0.117. The van der Waals surface area contributed by atoms with Crippen LogP contribution in [0.5, 0.6) is 0 Å². The van der Waals surface area contributed by atoms with Crippen molar-refractivity contribution in [2.75, 3.05) is 38.2 Å². The first kappa shape index (κ1) is 21.6. The summed E-state index contributed by atoms with van der Waals surface area (Å²) in [5, 5.41) is 8.89. The van der Waals surface area contributed by atoms with E-state index in [1.807, 2.05) is 24.3 Å². The highest BCUT2D eigenvalue weighted by Gasteiger charge is 2.29. The highest BCUT2D eigenvalue weighted by atomic mass is 16.5. The van der Waals surface area contributed by atoms with Gasteiger partial charge >= 0.3 is 6.03 Å². The fraction of sp³-hybridized carbons (Fsp3) is 0.636. The van der Waals surface area contributed by atoms with Crippen molar-refractivity contribution >= 4 is 17.6 Å². The minimum atomic E-state index is -0.167. The van der Waals surface area contributed by atoms with E-state index in [9.17, 15) is 9.59 Å². The summed E-state index contributed by atoms with van der Waals surface area (Å²) in [7, 11) is 0. The number of nitrogens with one attached hydrogen (secondary N) is 3. The number of ether oxygens (including phenoxy) is 1. The third kappa shape index (κ3) is 7.33. The zero-order valence-corrected chi connectivity index (χ0v) is 17.6. The number of benzene rings is 1. The Balaban J connectivity index is 1.44. The first-order chi connectivity index (χ1) is 14.0. The Labute approximate surface area is 173 Å². The van der Waals surface area contributed by atoms with E-state index in [2.05, 4.69) is 34.7 Å². The predicted octanol–water partition coefficient (Wildman–Crippen LogP) is 2.58. The van der Waals surface area contributed by atoms with Crippen LogP contribution >= 0.6 is 0 Å². The van der Waals surface area contributed by atoms with Crippen molar-refractivity contribution in [3.63, 3.8) is 0 Å². The minimum Gasteiger partial charge on any atom is -0.379 e. The van der Waals surface area contributed by atoms with Crippen molar-refractivity contribution in [1.82, 2.24) is 15.5 Å². The minimum absolute atomic E-state index is 0.0900. The lowest BCUT2D eigenvalue weighted by Gasteiger charge is -2.35. The molecule has 7 nitrogen and oxygen atoms in total. The summed E-state index contributed by atoms with van der Waals surface area (Å²) in [6.07, 6.45) is 3.01. The Morgan fingerprint density at radius 2 is 1.93 bits per heavy atom. The lowest BCUT2D eigenvalue weighted by Crippen LogP contribution is -2.50. The molecule has 1 heterocycles. The Morgan fingerprint density at radius 3 is 2.62 bits per heavy atom. The molecule has 2 fully saturated rings. The molecule has 0 aromatic heterocycles. The maximum atomic E-state index is 12.3. The summed E-state index contributed by atoms with van der Waals surface area (Å²) in [5.74, 6) is 0.835. The van der Waals surface area contributed by atoms with Gasteiger partial charge in [-0.15, -0.1) is 0 Å². The molecule has 3 amide bonds. The molecule has 0 spiro atoms. The Morgan fingerprint density at radius 1 is 1.17 bits per heavy atom. The van der Waals surface area contributed by atoms with E-state index in [0.717, 1.165) is 56.8 Å². The van der Waals surface area contributed by atoms with Crippen LogP contribution in [0.25, 0.3) is 0 Å². The largest absolute Gasteiger partial charge is 0.379 e. The zero-order chi connectivity index (χ0) is 20.6. The number of carbonyl (C=O) groups excluding carboxylic acids is 2. The number of hydrogen-bond donors (Lipinski definition) is 3. The molecule has 1 aromatic carbocycles. The fourth-order valence-corrected chi connectivity index (χ4v) is 3.65. The van der Waals surface area contributed by atoms with Gasteiger partial charge in [-0.25, -0.2) is 4.79 Å². The third-order valence-corrected chi connectivity index (χ3v) is 5.40. The molecular formula is C22H34N4O3. The maximum absolute atomic E-state index is 12.3. The Hall–Kier alpha value is -2.12. The van der Waals surface area contributed by atoms with Crippen LogP contribution in [0.15, 0.2) is 24.3 Å². The van der Waals surface area contributed by atoms with E-state index in [1.54, 1.807) is 0 Å². The smallest absolute Gasteiger partial charge is 0.315 e. The molecule has 160 valence electrons. The van der Waals surface area contributed by atoms with E-state index in [1.165, 1.54) is 0 Å². The lowest BCUT2D eigenvalue weighted by atomic mass is 10.0. The first-order valence-electron chi connectivity index (χ1n) is 10.7. The SMILES string of the molecule is CC(C)C[C@H](CNC(=O)NCc1cccc(NC(=O)C2CC2)c1)N1CCOCC1. The summed E-state index contributed by atoms with van der Waals surface area (Å²) in [5.41, 5.74) is 1.74. The molecule has 29 heavy (non-hydrogen) atoms. The predicted molar refractivity (Wildman–Crippen MR) is 114 cm³/mol. The number of nitrogens with zero attached hydrogens (tertiary/aromatic N) is 1. The number of anilines is 1. The second-order valence-electron chi connectivity index (χ2n) is 8.46. The third-order valence-electron chi connectivity index (χ3n) is 5.40. The van der Waals surface area contributed by atoms with Crippen LogP contribution in [0.4, 0.5) is 10.5 Å². The van der Waals surface area contributed by atoms with E-state index < -0.39 is 0 Å². The average molecular weight is 403 g/mol. The van der Waals surface area contributed by atoms with Gasteiger partial charge in [-0.2, -0.15) is 0 Å². The van der Waals surface area contributed by atoms with Crippen molar-refractivity contribution in [1.29, 1.82) is 0 Å². The molecule has 0 radical (unpaired) electrons. The highest BCUT2D eigenvalue weighted by Crippen LogP contribution is 2.30. The standard InChI is InChI=1S/C22H34N4O3/c1-16(2)12-20(26-8-10-29-11-9-26)15-24-22(28)23-14-17-4-3-5-19(13-17)25-21(27)18-6-7-18/h3-5,13,16,18,20H,6-12,14-15H2,1-2H3,(H,25,27)(H2,23,24,28)/t20-/m1/s1. The van der Waals surface area contributed by atoms with Crippen LogP contribution in [0.2, 0.25) is 0 Å². The average Bonchev–Trinajstić information content (AvgIpc) is 3.56. The fourth-order valence-electron chi connectivity index (χ4n) is 3.65. The first-order valence-corrected chi connectivity index (χ1v) is 10.7. The van der Waals surface area contributed by atoms with Crippen LogP contribution in [0.3, 0.4) is 0 Å². The molecular weight excluding hydrogens is 368 g/mol. The van der Waals surface area contributed by atoms with Gasteiger partial charge < -0.3 is 20.7 Å².